The molecule has 8 rings (SSSR count). The largest absolute Gasteiger partial charge is 0.418 e. The van der Waals surface area contributed by atoms with E-state index >= 15 is 0 Å². The van der Waals surface area contributed by atoms with Gasteiger partial charge in [0.2, 0.25) is 5.91 Å². The average Bonchev–Trinajstić information content (AvgIpc) is 3.14. The van der Waals surface area contributed by atoms with Crippen molar-refractivity contribution in [2.24, 2.45) is 5.92 Å². The predicted octanol–water partition coefficient (Wildman–Crippen LogP) is 6.76. The number of nitrogens with zero attached hydrogens (tertiary/aromatic N) is 6. The Hall–Kier alpha value is -5.29. The molecule has 2 aliphatic rings. The number of pyridine rings is 3. The number of piperazine rings is 1. The van der Waals surface area contributed by atoms with E-state index < -0.39 is 17.3 Å². The number of carbonyl (C=O) groups excluding carboxylic acids is 1. The lowest BCUT2D eigenvalue weighted by molar-refractivity contribution is -0.138. The first-order valence-electron chi connectivity index (χ1n) is 16.9. The number of benzene rings is 3. The topological polar surface area (TPSA) is 74.6 Å². The van der Waals surface area contributed by atoms with Crippen molar-refractivity contribution in [2.45, 2.75) is 19.0 Å². The monoisotopic (exact) mass is 676 g/mol. The van der Waals surface area contributed by atoms with Crippen molar-refractivity contribution in [3.63, 3.8) is 0 Å². The van der Waals surface area contributed by atoms with E-state index in [1.807, 2.05) is 60.5 Å². The van der Waals surface area contributed by atoms with Crippen LogP contribution in [0.25, 0.3) is 49.5 Å². The maximum atomic E-state index is 14.8. The minimum absolute atomic E-state index is 0.0534. The molecule has 0 saturated carbocycles. The van der Waals surface area contributed by atoms with E-state index in [9.17, 15) is 22.8 Å². The fourth-order valence-electron chi connectivity index (χ4n) is 7.39. The van der Waals surface area contributed by atoms with E-state index in [0.717, 1.165) is 41.2 Å². The van der Waals surface area contributed by atoms with E-state index in [0.29, 0.717) is 60.8 Å². The molecule has 0 atom stereocenters. The number of fused-ring (bicyclic) bond motifs is 4. The highest BCUT2D eigenvalue weighted by Crippen LogP contribution is 2.40. The van der Waals surface area contributed by atoms with Crippen LogP contribution in [0.15, 0.2) is 96.1 Å². The molecule has 0 unspecified atom stereocenters. The van der Waals surface area contributed by atoms with Gasteiger partial charge in [0.05, 0.1) is 27.8 Å². The van der Waals surface area contributed by atoms with Gasteiger partial charge in [-0.25, -0.2) is 0 Å². The standard InChI is InChI=1S/C39H35F3N6O2/c1-45-16-18-47(19-17-45)38(50)25-12-14-46(15-13-25)35-10-8-30(22-32(35)39(40,41)42)48-36(49)11-7-28-23-44-34-9-6-26(21-31(34)37(28)48)29-20-27-4-2-3-5-33(27)43-24-29/h2-11,20-25H,12-19H2,1H3. The fourth-order valence-corrected chi connectivity index (χ4v) is 7.39. The number of halogens is 3. The number of aromatic nitrogens is 3. The normalized spacial score (nSPS) is 16.5. The molecule has 5 heterocycles. The molecule has 50 heavy (non-hydrogen) atoms. The minimum atomic E-state index is -4.67. The van der Waals surface area contributed by atoms with Crippen molar-refractivity contribution in [1.82, 2.24) is 24.3 Å². The van der Waals surface area contributed by atoms with Gasteiger partial charge in [0, 0.05) is 91.1 Å². The second-order valence-corrected chi connectivity index (χ2v) is 13.3. The Kier molecular flexibility index (Phi) is 8.02. The Balaban J connectivity index is 1.17. The molecular formula is C39H35F3N6O2. The van der Waals surface area contributed by atoms with Gasteiger partial charge in [-0.1, -0.05) is 24.3 Å². The third-order valence-electron chi connectivity index (χ3n) is 10.2. The van der Waals surface area contributed by atoms with Crippen molar-refractivity contribution < 1.29 is 18.0 Å². The Morgan fingerprint density at radius 2 is 1.52 bits per heavy atom. The summed E-state index contributed by atoms with van der Waals surface area (Å²) in [6.07, 6.45) is -0.278. The molecule has 0 radical (unpaired) electrons. The van der Waals surface area contributed by atoms with Crippen LogP contribution in [0.2, 0.25) is 0 Å². The first-order valence-corrected chi connectivity index (χ1v) is 16.9. The van der Waals surface area contributed by atoms with Gasteiger partial charge in [-0.05, 0) is 74.0 Å². The Morgan fingerprint density at radius 3 is 2.30 bits per heavy atom. The Labute approximate surface area is 286 Å². The second kappa shape index (κ2) is 12.5. The third-order valence-corrected chi connectivity index (χ3v) is 10.2. The minimum Gasteiger partial charge on any atom is -0.371 e. The number of anilines is 1. The van der Waals surface area contributed by atoms with Gasteiger partial charge in [0.15, 0.2) is 0 Å². The number of para-hydroxylation sites is 1. The predicted molar refractivity (Wildman–Crippen MR) is 190 cm³/mol. The SMILES string of the molecule is CN1CCN(C(=O)C2CCN(c3ccc(-n4c(=O)ccc5cnc6ccc(-c7cnc8ccccc8c7)cc6c54)cc3C(F)(F)F)CC2)CC1. The summed E-state index contributed by atoms with van der Waals surface area (Å²) in [5, 5.41) is 2.23. The van der Waals surface area contributed by atoms with Crippen molar-refractivity contribution >= 4 is 44.3 Å². The van der Waals surface area contributed by atoms with Crippen LogP contribution in [0.5, 0.6) is 0 Å². The number of rotatable bonds is 4. The Bertz CT molecular complexity index is 2320. The maximum absolute atomic E-state index is 14.8. The highest BCUT2D eigenvalue weighted by Gasteiger charge is 2.37. The molecule has 3 aromatic carbocycles. The molecular weight excluding hydrogens is 641 g/mol. The van der Waals surface area contributed by atoms with Gasteiger partial charge >= 0.3 is 6.18 Å². The molecule has 8 nitrogen and oxygen atoms in total. The van der Waals surface area contributed by atoms with Crippen molar-refractivity contribution in [3.8, 4) is 16.8 Å². The lowest BCUT2D eigenvalue weighted by atomic mass is 9.94. The van der Waals surface area contributed by atoms with Crippen molar-refractivity contribution in [1.29, 1.82) is 0 Å². The summed E-state index contributed by atoms with van der Waals surface area (Å²) < 4.78 is 45.8. The number of hydrogen-bond acceptors (Lipinski definition) is 6. The Morgan fingerprint density at radius 1 is 0.760 bits per heavy atom. The summed E-state index contributed by atoms with van der Waals surface area (Å²) in [5.74, 6) is -0.101. The molecule has 3 aromatic heterocycles. The number of carbonyl (C=O) groups is 1. The van der Waals surface area contributed by atoms with Crippen LogP contribution in [-0.4, -0.2) is 76.6 Å². The molecule has 11 heteroatoms. The third kappa shape index (κ3) is 5.85. The fraction of sp³-hybridized carbons (Fsp3) is 0.282. The van der Waals surface area contributed by atoms with Gasteiger partial charge in [-0.15, -0.1) is 0 Å². The highest BCUT2D eigenvalue weighted by molar-refractivity contribution is 6.05. The van der Waals surface area contributed by atoms with Crippen LogP contribution in [-0.2, 0) is 11.0 Å². The zero-order chi connectivity index (χ0) is 34.6. The maximum Gasteiger partial charge on any atom is 0.418 e. The van der Waals surface area contributed by atoms with Gasteiger partial charge < -0.3 is 14.7 Å². The van der Waals surface area contributed by atoms with Crippen molar-refractivity contribution in [2.75, 3.05) is 51.2 Å². The van der Waals surface area contributed by atoms with E-state index in [2.05, 4.69) is 14.9 Å². The molecule has 0 aliphatic carbocycles. The number of amides is 1. The lowest BCUT2D eigenvalue weighted by Gasteiger charge is -2.38. The van der Waals surface area contributed by atoms with Gasteiger partial charge in [0.1, 0.15) is 0 Å². The second-order valence-electron chi connectivity index (χ2n) is 13.3. The number of likely N-dealkylation sites (N-methyl/N-ethyl adjacent to an activating group) is 1. The van der Waals surface area contributed by atoms with Crippen molar-refractivity contribution in [3.05, 3.63) is 107 Å². The summed E-state index contributed by atoms with van der Waals surface area (Å²) in [5.41, 5.74) is 2.55. The van der Waals surface area contributed by atoms with Crippen LogP contribution in [0.1, 0.15) is 18.4 Å². The summed E-state index contributed by atoms with van der Waals surface area (Å²) in [6, 6.07) is 22.7. The molecule has 0 bridgehead atoms. The first-order chi connectivity index (χ1) is 24.1. The summed E-state index contributed by atoms with van der Waals surface area (Å²) in [4.78, 5) is 41.7. The molecule has 2 saturated heterocycles. The molecule has 254 valence electrons. The first kappa shape index (κ1) is 31.9. The quantitative estimate of drug-likeness (QED) is 0.192. The smallest absolute Gasteiger partial charge is 0.371 e. The van der Waals surface area contributed by atoms with E-state index in [-0.39, 0.29) is 23.2 Å². The van der Waals surface area contributed by atoms with Crippen LogP contribution < -0.4 is 10.5 Å². The molecule has 0 spiro atoms. The van der Waals surface area contributed by atoms with Gasteiger partial charge in [-0.3, -0.25) is 24.1 Å². The van der Waals surface area contributed by atoms with E-state index in [1.165, 1.54) is 16.7 Å². The highest BCUT2D eigenvalue weighted by atomic mass is 19.4. The van der Waals surface area contributed by atoms with E-state index in [1.54, 1.807) is 29.4 Å². The average molecular weight is 677 g/mol. The number of hydrogen-bond donors (Lipinski definition) is 0. The van der Waals surface area contributed by atoms with Crippen LogP contribution in [0, 0.1) is 5.92 Å². The van der Waals surface area contributed by atoms with Crippen LogP contribution >= 0.6 is 0 Å². The lowest BCUT2D eigenvalue weighted by Crippen LogP contribution is -2.50. The van der Waals surface area contributed by atoms with Crippen LogP contribution in [0.4, 0.5) is 18.9 Å². The van der Waals surface area contributed by atoms with Gasteiger partial charge in [-0.2, -0.15) is 13.2 Å². The molecule has 1 amide bonds. The molecule has 2 aliphatic heterocycles. The van der Waals surface area contributed by atoms with Gasteiger partial charge in [0.25, 0.3) is 5.56 Å². The summed E-state index contributed by atoms with van der Waals surface area (Å²) in [7, 11) is 2.03. The molecule has 0 N–H and O–H groups in total. The molecule has 6 aromatic rings. The van der Waals surface area contributed by atoms with Crippen LogP contribution in [0.3, 0.4) is 0 Å². The zero-order valence-electron chi connectivity index (χ0n) is 27.5. The summed E-state index contributed by atoms with van der Waals surface area (Å²) in [6.45, 7) is 3.67. The zero-order valence-corrected chi connectivity index (χ0v) is 27.5. The number of piperidine rings is 1. The molecule has 2 fully saturated rings. The van der Waals surface area contributed by atoms with E-state index in [4.69, 9.17) is 0 Å². The summed E-state index contributed by atoms with van der Waals surface area (Å²) >= 11 is 0. The number of alkyl halides is 3.